The van der Waals surface area contributed by atoms with Crippen LogP contribution in [0.4, 0.5) is 5.69 Å². The minimum Gasteiger partial charge on any atom is -0.614 e. The lowest BCUT2D eigenvalue weighted by Gasteiger charge is -2.41. The number of rotatable bonds is 7. The van der Waals surface area contributed by atoms with E-state index in [2.05, 4.69) is 5.09 Å². The number of amides is 1. The molecular formula is C20H22ClN2O3P. The van der Waals surface area contributed by atoms with Gasteiger partial charge in [0.25, 0.3) is 5.91 Å². The van der Waals surface area contributed by atoms with Gasteiger partial charge in [-0.25, -0.2) is 0 Å². The van der Waals surface area contributed by atoms with Crippen molar-refractivity contribution in [2.24, 2.45) is 0 Å². The molecule has 1 aliphatic rings. The van der Waals surface area contributed by atoms with Crippen LogP contribution in [0.15, 0.2) is 72.0 Å². The summed E-state index contributed by atoms with van der Waals surface area (Å²) in [5.74, 6) is 0.527. The van der Waals surface area contributed by atoms with Gasteiger partial charge in [0.05, 0.1) is 17.8 Å². The molecule has 1 N–H and O–H groups in total. The van der Waals surface area contributed by atoms with Gasteiger partial charge in [-0.3, -0.25) is 4.79 Å². The number of allylic oxidation sites excluding steroid dienone is 1. The number of carbonyl (C=O) groups excluding carboxylic acids is 1. The van der Waals surface area contributed by atoms with Gasteiger partial charge in [0, 0.05) is 5.88 Å². The zero-order chi connectivity index (χ0) is 19.3. The van der Waals surface area contributed by atoms with Crippen LogP contribution in [0.3, 0.4) is 0 Å². The Morgan fingerprint density at radius 1 is 1.11 bits per heavy atom. The molecule has 1 aliphatic heterocycles. The van der Waals surface area contributed by atoms with Gasteiger partial charge >= 0.3 is 8.02 Å². The molecule has 0 aromatic heterocycles. The Bertz CT molecular complexity index is 816. The van der Waals surface area contributed by atoms with Crippen molar-refractivity contribution in [3.63, 3.8) is 0 Å². The lowest BCUT2D eigenvalue weighted by molar-refractivity contribution is -0.195. The maximum atomic E-state index is 13.7. The molecule has 0 saturated heterocycles. The van der Waals surface area contributed by atoms with E-state index in [-0.39, 0.29) is 5.91 Å². The van der Waals surface area contributed by atoms with E-state index in [1.165, 1.54) is 4.67 Å². The summed E-state index contributed by atoms with van der Waals surface area (Å²) in [6.45, 7) is 2.00. The number of hydrogen-bond donors (Lipinski definition) is 1. The molecule has 0 fully saturated rings. The first-order chi connectivity index (χ1) is 13.0. The van der Waals surface area contributed by atoms with Crippen LogP contribution < -0.4 is 14.7 Å². The smallest absolute Gasteiger partial charge is 0.331 e. The number of para-hydroxylation sites is 1. The fourth-order valence-electron chi connectivity index (χ4n) is 2.93. The SMILES string of the molecule is CC1=C(CCCCl)C(=O)N(c2ccccc2)[P+]([O-])(NCc2ccccc2)O1. The van der Waals surface area contributed by atoms with Crippen molar-refractivity contribution >= 4 is 31.2 Å². The molecule has 0 radical (unpaired) electrons. The number of alkyl halides is 1. The number of nitrogens with one attached hydrogen (secondary N) is 1. The third-order valence-electron chi connectivity index (χ3n) is 4.29. The van der Waals surface area contributed by atoms with Crippen molar-refractivity contribution in [3.8, 4) is 0 Å². The van der Waals surface area contributed by atoms with Gasteiger partial charge in [0.1, 0.15) is 0 Å². The lowest BCUT2D eigenvalue weighted by atomic mass is 10.1. The van der Waals surface area contributed by atoms with E-state index in [0.29, 0.717) is 42.3 Å². The fraction of sp³-hybridized carbons (Fsp3) is 0.250. The highest BCUT2D eigenvalue weighted by atomic mass is 35.5. The van der Waals surface area contributed by atoms with Gasteiger partial charge in [-0.05, 0) is 37.5 Å². The lowest BCUT2D eigenvalue weighted by Crippen LogP contribution is -2.47. The summed E-state index contributed by atoms with van der Waals surface area (Å²) in [6.07, 6.45) is 1.13. The van der Waals surface area contributed by atoms with Crippen LogP contribution in [0.5, 0.6) is 0 Å². The Balaban J connectivity index is 1.94. The summed E-state index contributed by atoms with van der Waals surface area (Å²) in [5.41, 5.74) is 1.99. The zero-order valence-corrected chi connectivity index (χ0v) is 16.7. The molecule has 2 aromatic rings. The van der Waals surface area contributed by atoms with Crippen LogP contribution in [0.1, 0.15) is 25.3 Å². The van der Waals surface area contributed by atoms with Crippen LogP contribution in [-0.4, -0.2) is 11.8 Å². The van der Waals surface area contributed by atoms with Crippen molar-refractivity contribution in [2.45, 2.75) is 26.3 Å². The molecule has 1 heterocycles. The monoisotopic (exact) mass is 404 g/mol. The van der Waals surface area contributed by atoms with Crippen LogP contribution in [0.2, 0.25) is 0 Å². The first-order valence-corrected chi connectivity index (χ1v) is 10.9. The van der Waals surface area contributed by atoms with Crippen LogP contribution >= 0.6 is 19.6 Å². The number of halogens is 1. The van der Waals surface area contributed by atoms with Gasteiger partial charge in [-0.15, -0.1) is 21.4 Å². The zero-order valence-electron chi connectivity index (χ0n) is 15.1. The molecule has 7 heteroatoms. The average molecular weight is 405 g/mol. The molecule has 1 atom stereocenters. The Kier molecular flexibility index (Phi) is 6.51. The van der Waals surface area contributed by atoms with E-state index in [1.807, 2.05) is 36.4 Å². The van der Waals surface area contributed by atoms with Crippen molar-refractivity contribution in [2.75, 3.05) is 10.6 Å². The van der Waals surface area contributed by atoms with Gasteiger partial charge in [-0.2, -0.15) is 0 Å². The number of benzene rings is 2. The van der Waals surface area contributed by atoms with Gasteiger partial charge in [0.2, 0.25) is 0 Å². The topological polar surface area (TPSA) is 64.6 Å². The highest BCUT2D eigenvalue weighted by molar-refractivity contribution is 7.65. The Morgan fingerprint density at radius 3 is 2.37 bits per heavy atom. The summed E-state index contributed by atoms with van der Waals surface area (Å²) in [6, 6.07) is 18.5. The van der Waals surface area contributed by atoms with Crippen LogP contribution in [-0.2, 0) is 15.9 Å². The van der Waals surface area contributed by atoms with Crippen LogP contribution in [0.25, 0.3) is 0 Å². The second kappa shape index (κ2) is 8.85. The van der Waals surface area contributed by atoms with Crippen molar-refractivity contribution < 1.29 is 14.2 Å². The molecule has 0 bridgehead atoms. The highest BCUT2D eigenvalue weighted by Gasteiger charge is 2.49. The first-order valence-electron chi connectivity index (χ1n) is 8.79. The molecule has 1 unspecified atom stereocenters. The van der Waals surface area contributed by atoms with Gasteiger partial charge in [-0.1, -0.05) is 48.5 Å². The molecule has 142 valence electrons. The standard InChI is InChI=1S/C20H22ClN2O3P/c1-16-19(13-8-14-21)20(24)23(18-11-6-3-7-12-18)27(25,26-16)22-15-17-9-4-2-5-10-17/h2-7,9-12H,8,13-15H2,1H3,(H,22,25). The molecule has 0 saturated carbocycles. The Morgan fingerprint density at radius 2 is 1.74 bits per heavy atom. The number of hydrogen-bond acceptors (Lipinski definition) is 4. The van der Waals surface area contributed by atoms with E-state index in [0.717, 1.165) is 5.56 Å². The Labute approximate surface area is 165 Å². The Hall–Kier alpha value is -1.91. The largest absolute Gasteiger partial charge is 0.614 e. The molecule has 27 heavy (non-hydrogen) atoms. The number of anilines is 1. The summed E-state index contributed by atoms with van der Waals surface area (Å²) in [4.78, 5) is 26.9. The van der Waals surface area contributed by atoms with E-state index in [9.17, 15) is 9.69 Å². The first kappa shape index (κ1) is 19.8. The molecule has 3 rings (SSSR count). The summed E-state index contributed by atoms with van der Waals surface area (Å²) in [7, 11) is -3.65. The van der Waals surface area contributed by atoms with Gasteiger partial charge in [0.15, 0.2) is 5.76 Å². The van der Waals surface area contributed by atoms with E-state index in [1.54, 1.807) is 31.2 Å². The molecule has 1 amide bonds. The van der Waals surface area contributed by atoms with Crippen molar-refractivity contribution in [1.29, 1.82) is 0 Å². The minimum atomic E-state index is -3.65. The van der Waals surface area contributed by atoms with Crippen molar-refractivity contribution in [3.05, 3.63) is 77.6 Å². The normalized spacial score (nSPS) is 20.0. The molecule has 5 nitrogen and oxygen atoms in total. The highest BCUT2D eigenvalue weighted by Crippen LogP contribution is 2.58. The average Bonchev–Trinajstić information content (AvgIpc) is 2.68. The maximum absolute atomic E-state index is 13.7. The van der Waals surface area contributed by atoms with E-state index in [4.69, 9.17) is 16.1 Å². The van der Waals surface area contributed by atoms with Crippen molar-refractivity contribution in [1.82, 2.24) is 5.09 Å². The van der Waals surface area contributed by atoms with E-state index >= 15 is 0 Å². The second-order valence-corrected chi connectivity index (χ2v) is 8.53. The molecular weight excluding hydrogens is 383 g/mol. The maximum Gasteiger partial charge on any atom is 0.331 e. The summed E-state index contributed by atoms with van der Waals surface area (Å²) in [5, 5.41) is 2.98. The molecule has 2 aromatic carbocycles. The summed E-state index contributed by atoms with van der Waals surface area (Å²) >= 11 is 5.79. The second-order valence-electron chi connectivity index (χ2n) is 6.21. The minimum absolute atomic E-state index is 0.307. The predicted octanol–water partition coefficient (Wildman–Crippen LogP) is 4.17. The third-order valence-corrected chi connectivity index (χ3v) is 6.57. The van der Waals surface area contributed by atoms with E-state index < -0.39 is 8.02 Å². The quantitative estimate of drug-likeness (QED) is 0.555. The predicted molar refractivity (Wildman–Crippen MR) is 108 cm³/mol. The fourth-order valence-corrected chi connectivity index (χ4v) is 5.02. The summed E-state index contributed by atoms with van der Waals surface area (Å²) < 4.78 is 7.09. The van der Waals surface area contributed by atoms with Crippen LogP contribution in [0, 0.1) is 0 Å². The number of nitrogens with zero attached hydrogens (tertiary/aromatic N) is 1. The molecule has 0 aliphatic carbocycles. The van der Waals surface area contributed by atoms with Gasteiger partial charge < -0.3 is 9.42 Å². The third kappa shape index (κ3) is 4.50. The molecule has 0 spiro atoms. The number of carbonyl (C=O) groups is 1.